The Bertz CT molecular complexity index is 238. The van der Waals surface area contributed by atoms with Crippen LogP contribution in [0.3, 0.4) is 0 Å². The number of thiocarbonyl (C=S) groups is 1. The van der Waals surface area contributed by atoms with Gasteiger partial charge in [0.15, 0.2) is 0 Å². The van der Waals surface area contributed by atoms with Gasteiger partial charge >= 0.3 is 7.12 Å². The van der Waals surface area contributed by atoms with E-state index < -0.39 is 7.12 Å². The van der Waals surface area contributed by atoms with E-state index in [0.717, 1.165) is 19.4 Å². The van der Waals surface area contributed by atoms with E-state index in [-0.39, 0.29) is 17.9 Å². The summed E-state index contributed by atoms with van der Waals surface area (Å²) in [6, 6.07) is -0.181. The van der Waals surface area contributed by atoms with Crippen molar-refractivity contribution in [2.24, 2.45) is 11.7 Å². The van der Waals surface area contributed by atoms with E-state index in [4.69, 9.17) is 18.0 Å². The van der Waals surface area contributed by atoms with Crippen LogP contribution in [-0.2, 0) is 0 Å². The highest BCUT2D eigenvalue weighted by Crippen LogP contribution is 2.20. The molecule has 1 heterocycles. The first-order chi connectivity index (χ1) is 6.95. The van der Waals surface area contributed by atoms with Crippen molar-refractivity contribution < 1.29 is 10.0 Å². The molecule has 0 spiro atoms. The molecule has 0 bridgehead atoms. The van der Waals surface area contributed by atoms with Crippen LogP contribution >= 0.6 is 12.2 Å². The van der Waals surface area contributed by atoms with Crippen LogP contribution in [0.2, 0.25) is 0 Å². The fourth-order valence-electron chi connectivity index (χ4n) is 1.85. The summed E-state index contributed by atoms with van der Waals surface area (Å²) >= 11 is 5.29. The Kier molecular flexibility index (Phi) is 4.52. The van der Waals surface area contributed by atoms with E-state index >= 15 is 0 Å². The van der Waals surface area contributed by atoms with E-state index in [9.17, 15) is 10.0 Å². The maximum Gasteiger partial charge on any atom is 0.475 e. The molecule has 15 heavy (non-hydrogen) atoms. The second kappa shape index (κ2) is 5.25. The van der Waals surface area contributed by atoms with Crippen molar-refractivity contribution in [3.8, 4) is 0 Å². The van der Waals surface area contributed by atoms with Crippen LogP contribution in [0.15, 0.2) is 0 Å². The topological polar surface area (TPSA) is 69.7 Å². The van der Waals surface area contributed by atoms with Crippen LogP contribution in [-0.4, -0.2) is 45.6 Å². The molecule has 2 atom stereocenters. The monoisotopic (exact) mass is 230 g/mol. The fraction of sp³-hybridized carbons (Fsp3) is 0.889. The highest BCUT2D eigenvalue weighted by Gasteiger charge is 2.36. The number of nitrogens with zero attached hydrogens (tertiary/aromatic N) is 1. The minimum atomic E-state index is -1.33. The van der Waals surface area contributed by atoms with Gasteiger partial charge < -0.3 is 20.7 Å². The molecule has 0 saturated carbocycles. The third kappa shape index (κ3) is 2.90. The lowest BCUT2D eigenvalue weighted by atomic mass is 9.77. The van der Waals surface area contributed by atoms with Crippen LogP contribution in [0.25, 0.3) is 0 Å². The molecule has 1 unspecified atom stereocenters. The van der Waals surface area contributed by atoms with E-state index in [1.165, 1.54) is 0 Å². The number of hydrogen-bond donors (Lipinski definition) is 3. The third-order valence-electron chi connectivity index (χ3n) is 2.93. The summed E-state index contributed by atoms with van der Waals surface area (Å²) in [5, 5.41) is 18.4. The first-order valence-electron chi connectivity index (χ1n) is 5.37. The molecule has 1 rings (SSSR count). The zero-order chi connectivity index (χ0) is 11.6. The maximum atomic E-state index is 9.21. The molecule has 0 aromatic rings. The Morgan fingerprint density at radius 2 is 2.13 bits per heavy atom. The van der Waals surface area contributed by atoms with Gasteiger partial charge in [-0.2, -0.15) is 0 Å². The molecule has 4 N–H and O–H groups in total. The Balaban J connectivity index is 2.66. The molecule has 1 fully saturated rings. The van der Waals surface area contributed by atoms with Crippen LogP contribution in [0.1, 0.15) is 26.7 Å². The van der Waals surface area contributed by atoms with Crippen LogP contribution in [0, 0.1) is 5.92 Å². The highest BCUT2D eigenvalue weighted by molar-refractivity contribution is 7.80. The van der Waals surface area contributed by atoms with Crippen LogP contribution < -0.4 is 5.73 Å². The average Bonchev–Trinajstić information content (AvgIpc) is 2.63. The third-order valence-corrected chi connectivity index (χ3v) is 3.44. The van der Waals surface area contributed by atoms with Crippen LogP contribution in [0.5, 0.6) is 0 Å². The molecule has 0 amide bonds. The van der Waals surface area contributed by atoms with Gasteiger partial charge in [-0.25, -0.2) is 0 Å². The van der Waals surface area contributed by atoms with Gasteiger partial charge in [-0.15, -0.1) is 0 Å². The minimum absolute atomic E-state index is 0.181. The second-order valence-electron chi connectivity index (χ2n) is 4.42. The normalized spacial score (nSPS) is 23.3. The fourth-order valence-corrected chi connectivity index (χ4v) is 2.35. The van der Waals surface area contributed by atoms with Crippen LogP contribution in [0.4, 0.5) is 0 Å². The second-order valence-corrected chi connectivity index (χ2v) is 4.84. The summed E-state index contributed by atoms with van der Waals surface area (Å²) in [5.41, 5.74) is 5.96. The molecule has 6 heteroatoms. The molecule has 1 aliphatic heterocycles. The van der Waals surface area contributed by atoms with Crippen molar-refractivity contribution in [1.82, 2.24) is 4.90 Å². The smallest absolute Gasteiger partial charge is 0.426 e. The van der Waals surface area contributed by atoms with Crippen molar-refractivity contribution >= 4 is 24.3 Å². The number of likely N-dealkylation sites (tertiary alicyclic amines) is 1. The number of nitrogens with two attached hydrogens (primary N) is 1. The Hall–Kier alpha value is -0.165. The van der Waals surface area contributed by atoms with Gasteiger partial charge in [0.1, 0.15) is 0 Å². The summed E-state index contributed by atoms with van der Waals surface area (Å²) in [4.78, 5) is 2.52. The summed E-state index contributed by atoms with van der Waals surface area (Å²) < 4.78 is 0. The Labute approximate surface area is 96.6 Å². The molecular weight excluding hydrogens is 211 g/mol. The quantitative estimate of drug-likeness (QED) is 0.461. The largest absolute Gasteiger partial charge is 0.475 e. The van der Waals surface area contributed by atoms with E-state index in [0.29, 0.717) is 4.99 Å². The van der Waals surface area contributed by atoms with Crippen molar-refractivity contribution in [3.05, 3.63) is 0 Å². The molecule has 0 aromatic carbocycles. The number of rotatable bonds is 3. The molecule has 1 saturated heterocycles. The molecule has 86 valence electrons. The van der Waals surface area contributed by atoms with Gasteiger partial charge in [0.05, 0.1) is 17.0 Å². The van der Waals surface area contributed by atoms with Gasteiger partial charge in [-0.3, -0.25) is 0 Å². The molecular formula is C9H19BN2O2S. The van der Waals surface area contributed by atoms with Crippen molar-refractivity contribution in [3.63, 3.8) is 0 Å². The highest BCUT2D eigenvalue weighted by atomic mass is 32.1. The lowest BCUT2D eigenvalue weighted by molar-refractivity contribution is 0.330. The first kappa shape index (κ1) is 12.9. The predicted octanol–water partition coefficient (Wildman–Crippen LogP) is -0.226. The first-order valence-corrected chi connectivity index (χ1v) is 5.78. The predicted molar refractivity (Wildman–Crippen MR) is 65.3 cm³/mol. The molecule has 0 radical (unpaired) electrons. The zero-order valence-electron chi connectivity index (χ0n) is 9.26. The molecule has 4 nitrogen and oxygen atoms in total. The lowest BCUT2D eigenvalue weighted by Gasteiger charge is -2.31. The van der Waals surface area contributed by atoms with E-state index in [1.807, 2.05) is 18.7 Å². The Morgan fingerprint density at radius 3 is 2.60 bits per heavy atom. The standard InChI is InChI=1S/C9H19BN2O2S/c1-6(2)8(11)9(15)12-5-3-4-7(12)10(13)14/h6-8,13-14H,3-5,11H2,1-2H3/t7-,8?/m0/s1. The summed E-state index contributed by atoms with van der Waals surface area (Å²) in [5.74, 6) is -0.00288. The Morgan fingerprint density at radius 1 is 1.53 bits per heavy atom. The molecule has 0 aromatic heterocycles. The summed E-state index contributed by atoms with van der Waals surface area (Å²) in [7, 11) is -1.33. The van der Waals surface area contributed by atoms with Gasteiger partial charge in [-0.05, 0) is 18.8 Å². The van der Waals surface area contributed by atoms with Crippen molar-refractivity contribution in [2.75, 3.05) is 6.54 Å². The minimum Gasteiger partial charge on any atom is -0.426 e. The molecule has 0 aliphatic carbocycles. The van der Waals surface area contributed by atoms with Gasteiger partial charge in [0.25, 0.3) is 0 Å². The molecule has 1 aliphatic rings. The lowest BCUT2D eigenvalue weighted by Crippen LogP contribution is -2.51. The van der Waals surface area contributed by atoms with Gasteiger partial charge in [0, 0.05) is 6.54 Å². The van der Waals surface area contributed by atoms with Gasteiger partial charge in [0.2, 0.25) is 0 Å². The summed E-state index contributed by atoms with van der Waals surface area (Å²) in [6.07, 6.45) is 1.70. The van der Waals surface area contributed by atoms with E-state index in [2.05, 4.69) is 0 Å². The summed E-state index contributed by atoms with van der Waals surface area (Å²) in [6.45, 7) is 4.80. The zero-order valence-corrected chi connectivity index (χ0v) is 10.1. The number of hydrogen-bond acceptors (Lipinski definition) is 4. The maximum absolute atomic E-state index is 9.21. The van der Waals surface area contributed by atoms with Gasteiger partial charge in [-0.1, -0.05) is 26.1 Å². The average molecular weight is 230 g/mol. The van der Waals surface area contributed by atoms with Crippen molar-refractivity contribution in [2.45, 2.75) is 38.7 Å². The van der Waals surface area contributed by atoms with E-state index in [1.54, 1.807) is 0 Å². The van der Waals surface area contributed by atoms with Crippen molar-refractivity contribution in [1.29, 1.82) is 0 Å². The SMILES string of the molecule is CC(C)C(N)C(=S)N1CCC[C@H]1B(O)O.